The number of aromatic amines is 1. The van der Waals surface area contributed by atoms with Crippen molar-refractivity contribution in [3.63, 3.8) is 0 Å². The largest absolute Gasteiger partial charge is 0.493 e. The van der Waals surface area contributed by atoms with Crippen LogP contribution in [0.15, 0.2) is 54.9 Å². The van der Waals surface area contributed by atoms with Gasteiger partial charge < -0.3 is 29.5 Å². The van der Waals surface area contributed by atoms with Crippen molar-refractivity contribution in [2.45, 2.75) is 71.1 Å². The van der Waals surface area contributed by atoms with Gasteiger partial charge in [-0.1, -0.05) is 25.1 Å². The second-order valence-corrected chi connectivity index (χ2v) is 13.3. The SMILES string of the molecule is CCCOc1cc(-c2cn[nH]c2)ccc1CN(C(=O)[C@@H]1CCCN(c2cccc(OC(C)(C)C(=O)N3CCNCC3)c2)C1)C1CC1.Cl. The molecule has 0 spiro atoms. The predicted molar refractivity (Wildman–Crippen MR) is 186 cm³/mol. The van der Waals surface area contributed by atoms with Crippen molar-refractivity contribution in [1.29, 1.82) is 0 Å². The summed E-state index contributed by atoms with van der Waals surface area (Å²) in [5.41, 5.74) is 3.13. The minimum Gasteiger partial charge on any atom is -0.493 e. The zero-order chi connectivity index (χ0) is 32.1. The first-order valence-corrected chi connectivity index (χ1v) is 16.9. The fourth-order valence-electron chi connectivity index (χ4n) is 6.55. The molecule has 0 radical (unpaired) electrons. The van der Waals surface area contributed by atoms with E-state index in [1.165, 1.54) is 0 Å². The fourth-order valence-corrected chi connectivity index (χ4v) is 6.55. The molecular weight excluding hydrogens is 616 g/mol. The molecule has 47 heavy (non-hydrogen) atoms. The molecule has 0 bridgehead atoms. The number of piperidine rings is 1. The number of ether oxygens (including phenoxy) is 2. The number of piperazine rings is 1. The summed E-state index contributed by atoms with van der Waals surface area (Å²) in [4.78, 5) is 33.7. The van der Waals surface area contributed by atoms with E-state index in [4.69, 9.17) is 9.47 Å². The number of hydrogen-bond acceptors (Lipinski definition) is 7. The normalized spacial score (nSPS) is 18.3. The van der Waals surface area contributed by atoms with Crippen LogP contribution in [0.1, 0.15) is 58.4 Å². The number of amides is 2. The van der Waals surface area contributed by atoms with E-state index in [2.05, 4.69) is 56.5 Å². The van der Waals surface area contributed by atoms with Crippen LogP contribution in [0.5, 0.6) is 11.5 Å². The van der Waals surface area contributed by atoms with Crippen LogP contribution < -0.4 is 19.7 Å². The Morgan fingerprint density at radius 3 is 2.57 bits per heavy atom. The molecule has 1 saturated carbocycles. The summed E-state index contributed by atoms with van der Waals surface area (Å²) >= 11 is 0. The van der Waals surface area contributed by atoms with Crippen LogP contribution in [0.3, 0.4) is 0 Å². The van der Waals surface area contributed by atoms with Crippen LogP contribution in [-0.2, 0) is 16.1 Å². The standard InChI is InChI=1S/C36H48N6O4.ClH/c1-4-19-45-33-20-26(29-22-38-39-23-29)10-11-27(33)25-42(30-12-13-30)34(43)28-7-6-16-41(24-28)31-8-5-9-32(21-31)46-36(2,3)35(44)40-17-14-37-15-18-40;/h5,8-11,20-23,28,30,37H,4,6-7,12-19,24-25H2,1-3H3,(H,38,39);1H/t28-;/m1./s1. The van der Waals surface area contributed by atoms with Crippen molar-refractivity contribution in [1.82, 2.24) is 25.3 Å². The zero-order valence-electron chi connectivity index (χ0n) is 27.9. The Balaban J connectivity index is 0.00000433. The number of rotatable bonds is 12. The molecular formula is C36H49ClN6O4. The molecule has 2 saturated heterocycles. The van der Waals surface area contributed by atoms with Crippen LogP contribution >= 0.6 is 12.4 Å². The highest BCUT2D eigenvalue weighted by Crippen LogP contribution is 2.36. The Morgan fingerprint density at radius 1 is 1.04 bits per heavy atom. The van der Waals surface area contributed by atoms with Crippen LogP contribution in [0.25, 0.3) is 11.1 Å². The predicted octanol–water partition coefficient (Wildman–Crippen LogP) is 5.28. The van der Waals surface area contributed by atoms with E-state index < -0.39 is 5.60 Å². The number of halogens is 1. The highest BCUT2D eigenvalue weighted by atomic mass is 35.5. The van der Waals surface area contributed by atoms with E-state index in [1.54, 1.807) is 0 Å². The van der Waals surface area contributed by atoms with Crippen LogP contribution in [0.2, 0.25) is 0 Å². The van der Waals surface area contributed by atoms with Gasteiger partial charge in [-0.05, 0) is 69.7 Å². The maximum Gasteiger partial charge on any atom is 0.266 e. The summed E-state index contributed by atoms with van der Waals surface area (Å²) in [5, 5.41) is 10.3. The third-order valence-electron chi connectivity index (χ3n) is 9.22. The smallest absolute Gasteiger partial charge is 0.266 e. The van der Waals surface area contributed by atoms with Crippen LogP contribution in [0.4, 0.5) is 5.69 Å². The van der Waals surface area contributed by atoms with Gasteiger partial charge in [-0.15, -0.1) is 12.4 Å². The quantitative estimate of drug-likeness (QED) is 0.272. The molecule has 11 heteroatoms. The fraction of sp³-hybridized carbons (Fsp3) is 0.528. The van der Waals surface area contributed by atoms with Gasteiger partial charge in [0.2, 0.25) is 5.91 Å². The molecule has 1 atom stereocenters. The van der Waals surface area contributed by atoms with Crippen molar-refractivity contribution < 1.29 is 19.1 Å². The third kappa shape index (κ3) is 8.40. The second-order valence-electron chi connectivity index (χ2n) is 13.3. The Labute approximate surface area is 284 Å². The van der Waals surface area contributed by atoms with Gasteiger partial charge in [-0.25, -0.2) is 0 Å². The Morgan fingerprint density at radius 2 is 1.85 bits per heavy atom. The first-order valence-electron chi connectivity index (χ1n) is 16.9. The average molecular weight is 665 g/mol. The molecule has 10 nitrogen and oxygen atoms in total. The summed E-state index contributed by atoms with van der Waals surface area (Å²) < 4.78 is 12.5. The van der Waals surface area contributed by atoms with E-state index in [-0.39, 0.29) is 36.2 Å². The Bertz CT molecular complexity index is 1490. The lowest BCUT2D eigenvalue weighted by Crippen LogP contribution is -2.54. The molecule has 254 valence electrons. The van der Waals surface area contributed by atoms with Gasteiger partial charge in [-0.3, -0.25) is 14.7 Å². The number of aromatic nitrogens is 2. The van der Waals surface area contributed by atoms with Gasteiger partial charge in [0.05, 0.1) is 18.7 Å². The van der Waals surface area contributed by atoms with Crippen molar-refractivity contribution in [3.8, 4) is 22.6 Å². The van der Waals surface area contributed by atoms with E-state index in [9.17, 15) is 9.59 Å². The molecule has 2 aromatic carbocycles. The molecule has 2 amide bonds. The van der Waals surface area contributed by atoms with Gasteiger partial charge in [0, 0.05) is 80.9 Å². The van der Waals surface area contributed by atoms with Crippen molar-refractivity contribution in [2.75, 3.05) is 50.8 Å². The van der Waals surface area contributed by atoms with E-state index in [1.807, 2.05) is 49.3 Å². The van der Waals surface area contributed by atoms with Crippen molar-refractivity contribution >= 4 is 29.9 Å². The van der Waals surface area contributed by atoms with Gasteiger partial charge in [-0.2, -0.15) is 5.10 Å². The van der Waals surface area contributed by atoms with Gasteiger partial charge in [0.15, 0.2) is 5.60 Å². The molecule has 2 N–H and O–H groups in total. The van der Waals surface area contributed by atoms with E-state index in [0.29, 0.717) is 38.5 Å². The summed E-state index contributed by atoms with van der Waals surface area (Å²) in [6, 6.07) is 14.5. The van der Waals surface area contributed by atoms with Crippen LogP contribution in [0, 0.1) is 5.92 Å². The van der Waals surface area contributed by atoms with Crippen molar-refractivity contribution in [2.24, 2.45) is 5.92 Å². The zero-order valence-corrected chi connectivity index (χ0v) is 28.7. The highest BCUT2D eigenvalue weighted by molar-refractivity contribution is 5.85. The maximum atomic E-state index is 14.2. The summed E-state index contributed by atoms with van der Waals surface area (Å²) in [6.45, 7) is 11.5. The Hall–Kier alpha value is -3.76. The maximum absolute atomic E-state index is 14.2. The molecule has 1 aliphatic carbocycles. The summed E-state index contributed by atoms with van der Waals surface area (Å²) in [5.74, 6) is 1.64. The second kappa shape index (κ2) is 15.4. The van der Waals surface area contributed by atoms with E-state index >= 15 is 0 Å². The van der Waals surface area contributed by atoms with Gasteiger partial charge >= 0.3 is 0 Å². The lowest BCUT2D eigenvalue weighted by molar-refractivity contribution is -0.146. The summed E-state index contributed by atoms with van der Waals surface area (Å²) in [6.07, 6.45) is 8.50. The molecule has 3 aromatic rings. The number of benzene rings is 2. The molecule has 3 aliphatic rings. The lowest BCUT2D eigenvalue weighted by atomic mass is 9.95. The van der Waals surface area contributed by atoms with Gasteiger partial charge in [0.25, 0.3) is 5.91 Å². The first kappa shape index (κ1) is 34.6. The molecule has 0 unspecified atom stereocenters. The number of carbonyl (C=O) groups excluding carboxylic acids is 2. The number of nitrogens with zero attached hydrogens (tertiary/aromatic N) is 4. The number of H-pyrrole nitrogens is 1. The minimum absolute atomic E-state index is 0. The van der Waals surface area contributed by atoms with Gasteiger partial charge in [0.1, 0.15) is 11.5 Å². The lowest BCUT2D eigenvalue weighted by Gasteiger charge is -2.37. The molecule has 3 fully saturated rings. The summed E-state index contributed by atoms with van der Waals surface area (Å²) in [7, 11) is 0. The molecule has 2 aliphatic heterocycles. The number of hydrogen-bond donors (Lipinski definition) is 2. The topological polar surface area (TPSA) is 103 Å². The molecule has 3 heterocycles. The number of carbonyl (C=O) groups is 2. The minimum atomic E-state index is -0.975. The number of anilines is 1. The van der Waals surface area contributed by atoms with Crippen LogP contribution in [-0.4, -0.2) is 89.3 Å². The monoisotopic (exact) mass is 664 g/mol. The number of nitrogens with one attached hydrogen (secondary N) is 2. The average Bonchev–Trinajstić information content (AvgIpc) is 3.78. The Kier molecular flexibility index (Phi) is 11.3. The third-order valence-corrected chi connectivity index (χ3v) is 9.22. The first-order chi connectivity index (χ1) is 22.3. The molecule has 6 rings (SSSR count). The van der Waals surface area contributed by atoms with E-state index in [0.717, 1.165) is 79.9 Å². The highest BCUT2D eigenvalue weighted by Gasteiger charge is 2.38. The van der Waals surface area contributed by atoms with Crippen molar-refractivity contribution in [3.05, 3.63) is 60.4 Å². The molecule has 1 aromatic heterocycles.